The molecule has 8 atom stereocenters. The molecule has 0 bridgehead atoms. The van der Waals surface area contributed by atoms with E-state index in [2.05, 4.69) is 0 Å². The van der Waals surface area contributed by atoms with Crippen LogP contribution in [-0.4, -0.2) is 62.1 Å². The van der Waals surface area contributed by atoms with Gasteiger partial charge in [-0.2, -0.15) is 0 Å². The quantitative estimate of drug-likeness (QED) is 0.550. The van der Waals surface area contributed by atoms with Crippen molar-refractivity contribution in [3.8, 4) is 0 Å². The minimum absolute atomic E-state index is 0.0242. The molecule has 0 spiro atoms. The Bertz CT molecular complexity index is 766. The fraction of sp³-hybridized carbons (Fsp3) is 0.810. The zero-order valence-corrected chi connectivity index (χ0v) is 16.3. The zero-order valence-electron chi connectivity index (χ0n) is 16.3. The fourth-order valence-electron chi connectivity index (χ4n) is 7.21. The Balaban J connectivity index is 1.83. The van der Waals surface area contributed by atoms with E-state index in [0.29, 0.717) is 19.3 Å². The van der Waals surface area contributed by atoms with Gasteiger partial charge < -0.3 is 20.4 Å². The number of fused-ring (bicyclic) bond motifs is 5. The Kier molecular flexibility index (Phi) is 4.27. The van der Waals surface area contributed by atoms with Crippen LogP contribution in [0, 0.1) is 22.7 Å². The molecule has 0 amide bonds. The average Bonchev–Trinajstić information content (AvgIpc) is 2.84. The largest absolute Gasteiger partial charge is 0.390 e. The topological polar surface area (TPSA) is 115 Å². The van der Waals surface area contributed by atoms with E-state index in [-0.39, 0.29) is 25.0 Å². The maximum atomic E-state index is 16.8. The van der Waals surface area contributed by atoms with Crippen LogP contribution in [0.5, 0.6) is 0 Å². The lowest BCUT2D eigenvalue weighted by Crippen LogP contribution is -2.70. The van der Waals surface area contributed by atoms with Crippen molar-refractivity contribution in [1.82, 2.24) is 0 Å². The first-order chi connectivity index (χ1) is 13.0. The molecule has 3 saturated carbocycles. The predicted octanol–water partition coefficient (Wildman–Crippen LogP) is 0.844. The van der Waals surface area contributed by atoms with Crippen molar-refractivity contribution in [1.29, 1.82) is 0 Å². The third-order valence-electron chi connectivity index (χ3n) is 8.83. The summed E-state index contributed by atoms with van der Waals surface area (Å²) in [5, 5.41) is 42.2. The van der Waals surface area contributed by atoms with Crippen LogP contribution in [0.1, 0.15) is 52.4 Å². The number of rotatable bonds is 2. The molecule has 0 aromatic carbocycles. The van der Waals surface area contributed by atoms with Crippen LogP contribution in [0.25, 0.3) is 0 Å². The second-order valence-corrected chi connectivity index (χ2v) is 9.72. The van der Waals surface area contributed by atoms with E-state index >= 15 is 4.39 Å². The highest BCUT2D eigenvalue weighted by molar-refractivity contribution is 5.92. The average molecular weight is 396 g/mol. The summed E-state index contributed by atoms with van der Waals surface area (Å²) in [6.45, 7) is 2.45. The number of aliphatic hydroxyl groups excluding tert-OH is 3. The van der Waals surface area contributed by atoms with Gasteiger partial charge >= 0.3 is 0 Å². The molecule has 0 aromatic rings. The molecule has 7 heteroatoms. The summed E-state index contributed by atoms with van der Waals surface area (Å²) in [4.78, 5) is 24.3. The van der Waals surface area contributed by atoms with E-state index in [0.717, 1.165) is 5.57 Å². The Labute approximate surface area is 163 Å². The second kappa shape index (κ2) is 5.94. The number of ketones is 2. The number of allylic oxidation sites excluding steroid dienone is 1. The summed E-state index contributed by atoms with van der Waals surface area (Å²) in [6, 6.07) is 0. The van der Waals surface area contributed by atoms with E-state index in [1.165, 1.54) is 6.08 Å². The molecule has 0 heterocycles. The van der Waals surface area contributed by atoms with Crippen molar-refractivity contribution in [3.63, 3.8) is 0 Å². The summed E-state index contributed by atoms with van der Waals surface area (Å²) < 4.78 is 16.8. The zero-order chi connectivity index (χ0) is 20.7. The molecule has 28 heavy (non-hydrogen) atoms. The van der Waals surface area contributed by atoms with Crippen LogP contribution >= 0.6 is 0 Å². The van der Waals surface area contributed by atoms with Crippen molar-refractivity contribution < 1.29 is 34.4 Å². The number of carbonyl (C=O) groups is 2. The van der Waals surface area contributed by atoms with Crippen molar-refractivity contribution in [2.24, 2.45) is 22.7 Å². The smallest absolute Gasteiger partial charge is 0.192 e. The molecule has 2 unspecified atom stereocenters. The van der Waals surface area contributed by atoms with Crippen LogP contribution in [0.3, 0.4) is 0 Å². The Morgan fingerprint density at radius 1 is 1.21 bits per heavy atom. The van der Waals surface area contributed by atoms with Crippen LogP contribution in [-0.2, 0) is 9.59 Å². The first-order valence-electron chi connectivity index (χ1n) is 10.1. The number of aliphatic hydroxyl groups is 4. The molecular weight excluding hydrogens is 367 g/mol. The molecule has 4 rings (SSSR count). The first kappa shape index (κ1) is 20.1. The number of alkyl halides is 1. The molecule has 4 aliphatic rings. The lowest BCUT2D eigenvalue weighted by atomic mass is 9.44. The van der Waals surface area contributed by atoms with Gasteiger partial charge in [-0.05, 0) is 44.1 Å². The SMILES string of the molecule is C[C@]12CCC(=O)C=C1CC[C@@H]1[C@H]3CC(O)[C@](O)(C(=O)CO)[C@@]3(C)CC(O)[C@@]12F. The van der Waals surface area contributed by atoms with E-state index in [4.69, 9.17) is 0 Å². The fourth-order valence-corrected chi connectivity index (χ4v) is 7.21. The van der Waals surface area contributed by atoms with Gasteiger partial charge in [-0.1, -0.05) is 19.4 Å². The maximum Gasteiger partial charge on any atom is 0.192 e. The molecule has 156 valence electrons. The normalized spacial score (nSPS) is 53.1. The van der Waals surface area contributed by atoms with Crippen LogP contribution in [0.4, 0.5) is 4.39 Å². The van der Waals surface area contributed by atoms with Crippen LogP contribution in [0.15, 0.2) is 11.6 Å². The molecule has 0 aromatic heterocycles. The maximum absolute atomic E-state index is 16.8. The van der Waals surface area contributed by atoms with Gasteiger partial charge in [0.05, 0.1) is 12.2 Å². The van der Waals surface area contributed by atoms with Gasteiger partial charge in [-0.3, -0.25) is 9.59 Å². The second-order valence-electron chi connectivity index (χ2n) is 9.72. The van der Waals surface area contributed by atoms with E-state index < -0.39 is 58.5 Å². The van der Waals surface area contributed by atoms with Crippen molar-refractivity contribution >= 4 is 11.6 Å². The van der Waals surface area contributed by atoms with Crippen LogP contribution < -0.4 is 0 Å². The molecular formula is C21H29FO6. The number of hydrogen-bond donors (Lipinski definition) is 4. The minimum Gasteiger partial charge on any atom is -0.390 e. The summed E-state index contributed by atoms with van der Waals surface area (Å²) in [5.74, 6) is -2.10. The van der Waals surface area contributed by atoms with Crippen molar-refractivity contribution in [3.05, 3.63) is 11.6 Å². The van der Waals surface area contributed by atoms with E-state index in [1.54, 1.807) is 13.8 Å². The molecule has 6 nitrogen and oxygen atoms in total. The molecule has 0 saturated heterocycles. The minimum atomic E-state index is -2.21. The summed E-state index contributed by atoms with van der Waals surface area (Å²) in [7, 11) is 0. The Morgan fingerprint density at radius 3 is 2.54 bits per heavy atom. The van der Waals surface area contributed by atoms with Gasteiger partial charge in [0.1, 0.15) is 12.3 Å². The molecule has 0 radical (unpaired) electrons. The van der Waals surface area contributed by atoms with E-state index in [9.17, 15) is 30.0 Å². The lowest BCUT2D eigenvalue weighted by molar-refractivity contribution is -0.230. The highest BCUT2D eigenvalue weighted by atomic mass is 19.1. The summed E-state index contributed by atoms with van der Waals surface area (Å²) in [6.07, 6.45) is -0.0824. The monoisotopic (exact) mass is 396 g/mol. The van der Waals surface area contributed by atoms with Gasteiger partial charge in [0, 0.05) is 23.2 Å². The predicted molar refractivity (Wildman–Crippen MR) is 96.9 cm³/mol. The lowest BCUT2D eigenvalue weighted by Gasteiger charge is -2.63. The van der Waals surface area contributed by atoms with Gasteiger partial charge in [-0.15, -0.1) is 0 Å². The van der Waals surface area contributed by atoms with Gasteiger partial charge in [-0.25, -0.2) is 4.39 Å². The Hall–Kier alpha value is -1.15. The standard InChI is InChI=1S/C21H29FO6/c1-18-6-5-12(24)7-11(18)3-4-13-14-8-15(25)21(28,17(27)10-23)19(14,2)9-16(26)20(13,18)22/h7,13-16,23,25-26,28H,3-6,8-10H2,1-2H3/t13-,14-,15?,16?,18+,19+,20+,21+/m1/s1. The van der Waals surface area contributed by atoms with Crippen molar-refractivity contribution in [2.75, 3.05) is 6.61 Å². The van der Waals surface area contributed by atoms with Gasteiger partial charge in [0.15, 0.2) is 17.2 Å². The molecule has 4 N–H and O–H groups in total. The third-order valence-corrected chi connectivity index (χ3v) is 8.83. The molecule has 4 aliphatic carbocycles. The molecule has 3 fully saturated rings. The van der Waals surface area contributed by atoms with Gasteiger partial charge in [0.25, 0.3) is 0 Å². The number of Topliss-reactive ketones (excluding diaryl/α,β-unsaturated/α-hetero) is 1. The third kappa shape index (κ3) is 2.06. The first-order valence-corrected chi connectivity index (χ1v) is 10.1. The number of carbonyl (C=O) groups excluding carboxylic acids is 2. The highest BCUT2D eigenvalue weighted by Crippen LogP contribution is 2.70. The number of hydrogen-bond acceptors (Lipinski definition) is 6. The Morgan fingerprint density at radius 2 is 1.89 bits per heavy atom. The summed E-state index contributed by atoms with van der Waals surface area (Å²) in [5.41, 5.74) is -5.72. The highest BCUT2D eigenvalue weighted by Gasteiger charge is 2.76. The van der Waals surface area contributed by atoms with Gasteiger partial charge in [0.2, 0.25) is 0 Å². The summed E-state index contributed by atoms with van der Waals surface area (Å²) >= 11 is 0. The van der Waals surface area contributed by atoms with Crippen molar-refractivity contribution in [2.45, 2.75) is 75.9 Å². The van der Waals surface area contributed by atoms with Crippen LogP contribution in [0.2, 0.25) is 0 Å². The van der Waals surface area contributed by atoms with E-state index in [1.807, 2.05) is 0 Å². The number of halogens is 1. The molecule has 0 aliphatic heterocycles.